The van der Waals surface area contributed by atoms with Gasteiger partial charge in [-0.15, -0.1) is 10.2 Å². The van der Waals surface area contributed by atoms with Crippen molar-refractivity contribution in [2.75, 3.05) is 10.7 Å². The maximum atomic E-state index is 13.1. The minimum absolute atomic E-state index is 0.0675. The average Bonchev–Trinajstić information content (AvgIpc) is 3.51. The Bertz CT molecular complexity index is 1190. The monoisotopic (exact) mass is 431 g/mol. The van der Waals surface area contributed by atoms with Crippen molar-refractivity contribution in [2.24, 2.45) is 0 Å². The van der Waals surface area contributed by atoms with Crippen LogP contribution in [0.3, 0.4) is 0 Å². The molecule has 0 N–H and O–H groups in total. The summed E-state index contributed by atoms with van der Waals surface area (Å²) in [6, 6.07) is 15.8. The van der Waals surface area contributed by atoms with Crippen molar-refractivity contribution < 1.29 is 9.21 Å². The van der Waals surface area contributed by atoms with Gasteiger partial charge in [-0.25, -0.2) is 0 Å². The molecule has 1 aromatic carbocycles. The minimum atomic E-state index is 0.0675. The van der Waals surface area contributed by atoms with Crippen LogP contribution in [0.1, 0.15) is 18.2 Å². The number of aromatic nitrogens is 4. The van der Waals surface area contributed by atoms with Crippen LogP contribution in [0.4, 0.5) is 5.69 Å². The van der Waals surface area contributed by atoms with Crippen molar-refractivity contribution in [2.45, 2.75) is 31.1 Å². The van der Waals surface area contributed by atoms with E-state index in [1.54, 1.807) is 18.7 Å². The number of para-hydroxylation sites is 1. The van der Waals surface area contributed by atoms with Crippen LogP contribution >= 0.6 is 11.8 Å². The van der Waals surface area contributed by atoms with Gasteiger partial charge in [0.15, 0.2) is 11.0 Å². The van der Waals surface area contributed by atoms with Gasteiger partial charge in [0.05, 0.1) is 18.6 Å². The van der Waals surface area contributed by atoms with Gasteiger partial charge in [0.1, 0.15) is 5.76 Å². The molecule has 4 heterocycles. The van der Waals surface area contributed by atoms with Crippen LogP contribution in [-0.2, 0) is 17.8 Å². The average molecular weight is 432 g/mol. The molecule has 0 unspecified atom stereocenters. The molecular formula is C23H21N5O2S. The van der Waals surface area contributed by atoms with Gasteiger partial charge >= 0.3 is 0 Å². The van der Waals surface area contributed by atoms with E-state index in [-0.39, 0.29) is 17.7 Å². The smallest absolute Gasteiger partial charge is 0.237 e. The highest BCUT2D eigenvalue weighted by Crippen LogP contribution is 2.33. The van der Waals surface area contributed by atoms with E-state index in [1.165, 1.54) is 17.3 Å². The quantitative estimate of drug-likeness (QED) is 0.429. The van der Waals surface area contributed by atoms with Crippen LogP contribution in [0, 0.1) is 0 Å². The number of pyridine rings is 1. The molecule has 5 rings (SSSR count). The Morgan fingerprint density at radius 1 is 1.16 bits per heavy atom. The summed E-state index contributed by atoms with van der Waals surface area (Å²) >= 11 is 1.39. The van der Waals surface area contributed by atoms with Crippen molar-refractivity contribution in [1.82, 2.24) is 19.7 Å². The molecule has 4 aromatic rings. The molecule has 7 nitrogen and oxygen atoms in total. The number of fused-ring (bicyclic) bond motifs is 1. The normalized spacial score (nSPS) is 15.3. The number of amides is 1. The zero-order valence-corrected chi connectivity index (χ0v) is 17.8. The van der Waals surface area contributed by atoms with E-state index in [1.807, 2.05) is 51.9 Å². The lowest BCUT2D eigenvalue weighted by Crippen LogP contribution is -2.37. The predicted molar refractivity (Wildman–Crippen MR) is 119 cm³/mol. The number of carbonyl (C=O) groups is 1. The van der Waals surface area contributed by atoms with Crippen molar-refractivity contribution in [3.8, 4) is 11.4 Å². The van der Waals surface area contributed by atoms with E-state index in [4.69, 9.17) is 4.42 Å². The van der Waals surface area contributed by atoms with Gasteiger partial charge in [-0.1, -0.05) is 30.0 Å². The molecule has 0 aliphatic carbocycles. The molecule has 3 aromatic heterocycles. The van der Waals surface area contributed by atoms with Crippen molar-refractivity contribution in [3.05, 3.63) is 78.5 Å². The van der Waals surface area contributed by atoms with E-state index < -0.39 is 0 Å². The highest BCUT2D eigenvalue weighted by atomic mass is 32.2. The number of hydrogen-bond acceptors (Lipinski definition) is 6. The van der Waals surface area contributed by atoms with E-state index in [2.05, 4.69) is 28.2 Å². The maximum Gasteiger partial charge on any atom is 0.237 e. The molecule has 1 aliphatic heterocycles. The van der Waals surface area contributed by atoms with E-state index >= 15 is 0 Å². The van der Waals surface area contributed by atoms with Gasteiger partial charge in [-0.2, -0.15) is 0 Å². The number of hydrogen-bond donors (Lipinski definition) is 0. The van der Waals surface area contributed by atoms with Crippen LogP contribution in [0.5, 0.6) is 0 Å². The van der Waals surface area contributed by atoms with E-state index in [0.29, 0.717) is 17.5 Å². The molecule has 0 saturated carbocycles. The summed E-state index contributed by atoms with van der Waals surface area (Å²) in [7, 11) is 0. The second-order valence-electron chi connectivity index (χ2n) is 7.45. The van der Waals surface area contributed by atoms with Crippen LogP contribution in [0.2, 0.25) is 0 Å². The first-order chi connectivity index (χ1) is 15.2. The molecule has 31 heavy (non-hydrogen) atoms. The molecule has 0 bridgehead atoms. The summed E-state index contributed by atoms with van der Waals surface area (Å²) in [6.07, 6.45) is 6.00. The Kier molecular flexibility index (Phi) is 5.30. The largest absolute Gasteiger partial charge is 0.467 e. The summed E-state index contributed by atoms with van der Waals surface area (Å²) in [5.41, 5.74) is 3.09. The molecular weight excluding hydrogens is 410 g/mol. The summed E-state index contributed by atoms with van der Waals surface area (Å²) in [4.78, 5) is 19.2. The fourth-order valence-corrected chi connectivity index (χ4v) is 4.74. The maximum absolute atomic E-state index is 13.1. The number of anilines is 1. The molecule has 0 fully saturated rings. The van der Waals surface area contributed by atoms with Crippen molar-refractivity contribution >= 4 is 23.4 Å². The highest BCUT2D eigenvalue weighted by Gasteiger charge is 2.30. The van der Waals surface area contributed by atoms with Crippen LogP contribution in [0.25, 0.3) is 11.4 Å². The summed E-state index contributed by atoms with van der Waals surface area (Å²) in [5.74, 6) is 1.83. The molecule has 0 radical (unpaired) electrons. The number of thioether (sulfide) groups is 1. The van der Waals surface area contributed by atoms with Crippen molar-refractivity contribution in [1.29, 1.82) is 0 Å². The lowest BCUT2D eigenvalue weighted by molar-refractivity contribution is -0.116. The van der Waals surface area contributed by atoms with Crippen LogP contribution in [-0.4, -0.2) is 37.5 Å². The lowest BCUT2D eigenvalue weighted by Gasteiger charge is -2.22. The molecule has 1 atom stereocenters. The first-order valence-electron chi connectivity index (χ1n) is 10.1. The third-order valence-corrected chi connectivity index (χ3v) is 6.28. The minimum Gasteiger partial charge on any atom is -0.467 e. The fraction of sp³-hybridized carbons (Fsp3) is 0.217. The summed E-state index contributed by atoms with van der Waals surface area (Å²) in [5, 5.41) is 9.42. The third kappa shape index (κ3) is 3.86. The molecule has 156 valence electrons. The van der Waals surface area contributed by atoms with Gasteiger partial charge < -0.3 is 9.32 Å². The Labute approximate surface area is 184 Å². The predicted octanol–water partition coefficient (Wildman–Crippen LogP) is 4.05. The van der Waals surface area contributed by atoms with E-state index in [0.717, 1.165) is 23.4 Å². The van der Waals surface area contributed by atoms with Gasteiger partial charge in [0.25, 0.3) is 0 Å². The summed E-state index contributed by atoms with van der Waals surface area (Å²) in [6.45, 7) is 2.56. The van der Waals surface area contributed by atoms with Crippen LogP contribution in [0.15, 0.2) is 76.8 Å². The zero-order chi connectivity index (χ0) is 21.2. The SMILES string of the molecule is C[C@@H]1Cc2ccccc2N1C(=O)CSc1nnc(-c2cccnc2)n1Cc1ccco1. The second kappa shape index (κ2) is 8.39. The second-order valence-corrected chi connectivity index (χ2v) is 8.39. The number of benzene rings is 1. The summed E-state index contributed by atoms with van der Waals surface area (Å²) < 4.78 is 7.50. The van der Waals surface area contributed by atoms with Gasteiger partial charge in [-0.3, -0.25) is 14.3 Å². The molecule has 0 spiro atoms. The van der Waals surface area contributed by atoms with Crippen LogP contribution < -0.4 is 4.90 Å². The molecule has 1 aliphatic rings. The van der Waals surface area contributed by atoms with Gasteiger partial charge in [0.2, 0.25) is 5.91 Å². The lowest BCUT2D eigenvalue weighted by atomic mass is 10.1. The number of nitrogens with zero attached hydrogens (tertiary/aromatic N) is 5. The Morgan fingerprint density at radius 2 is 2.06 bits per heavy atom. The fourth-order valence-electron chi connectivity index (χ4n) is 3.95. The topological polar surface area (TPSA) is 77.1 Å². The highest BCUT2D eigenvalue weighted by molar-refractivity contribution is 7.99. The molecule has 0 saturated heterocycles. The first kappa shape index (κ1) is 19.6. The van der Waals surface area contributed by atoms with Gasteiger partial charge in [0, 0.05) is 29.7 Å². The number of furan rings is 1. The number of rotatable bonds is 6. The van der Waals surface area contributed by atoms with Crippen molar-refractivity contribution in [3.63, 3.8) is 0 Å². The number of carbonyl (C=O) groups excluding carboxylic acids is 1. The zero-order valence-electron chi connectivity index (χ0n) is 17.0. The Morgan fingerprint density at radius 3 is 2.87 bits per heavy atom. The molecule has 1 amide bonds. The standard InChI is InChI=1S/C23H21N5O2S/c1-16-12-17-6-2-3-9-20(17)28(16)21(29)15-31-23-26-25-22(18-7-4-10-24-13-18)27(23)14-19-8-5-11-30-19/h2-11,13,16H,12,14-15H2,1H3/t16-/m1/s1. The van der Waals surface area contributed by atoms with E-state index in [9.17, 15) is 4.79 Å². The third-order valence-electron chi connectivity index (χ3n) is 5.33. The first-order valence-corrected chi connectivity index (χ1v) is 11.1. The Hall–Kier alpha value is -3.39. The van der Waals surface area contributed by atoms with Gasteiger partial charge in [-0.05, 0) is 49.2 Å². The Balaban J connectivity index is 1.39. The molecule has 8 heteroatoms.